The fraction of sp³-hybridized carbons (Fsp3) is 0.0704. The van der Waals surface area contributed by atoms with Crippen LogP contribution in [0.4, 0.5) is 0 Å². The van der Waals surface area contributed by atoms with Gasteiger partial charge in [0, 0.05) is 0 Å². The van der Waals surface area contributed by atoms with Crippen molar-refractivity contribution >= 4 is 75.4 Å². The highest BCUT2D eigenvalue weighted by Gasteiger charge is 2.52. The standard InChI is InChI=1S/C71H46/c1-70(2,3)50-38-47-22-20-45-36-49(37-46-21-23-48(39-50)66(47)65(45)46)44-28-33-60-64(40-44)71(61-18-9-7-14-55(61)56-15-8-10-19-62(56)71)63-35-34-54-52(16-11-17-57(54)69(60)63)53-30-25-43-26-31-58-51(41-12-5-4-6-13-41)29-24-42-27-32-59(53)68(43)67(42)58/h4-40H,1-3H3. The van der Waals surface area contributed by atoms with Gasteiger partial charge in [0.25, 0.3) is 0 Å². The molecule has 14 aromatic rings. The molecule has 0 radical (unpaired) electrons. The molecule has 0 saturated heterocycles. The van der Waals surface area contributed by atoms with Crippen LogP contribution in [0.2, 0.25) is 0 Å². The molecular formula is C71H46. The van der Waals surface area contributed by atoms with Crippen molar-refractivity contribution in [2.75, 3.05) is 0 Å². The number of fused-ring (bicyclic) bond motifs is 12. The van der Waals surface area contributed by atoms with Crippen LogP contribution < -0.4 is 0 Å². The Bertz CT molecular complexity index is 4480. The van der Waals surface area contributed by atoms with Crippen LogP contribution >= 0.6 is 0 Å². The highest BCUT2D eigenvalue weighted by Crippen LogP contribution is 2.64. The molecule has 2 aliphatic rings. The van der Waals surface area contributed by atoms with E-state index in [4.69, 9.17) is 0 Å². The summed E-state index contributed by atoms with van der Waals surface area (Å²) in [5.74, 6) is 0. The first-order valence-electron chi connectivity index (χ1n) is 25.2. The van der Waals surface area contributed by atoms with Crippen molar-refractivity contribution in [2.45, 2.75) is 31.6 Å². The SMILES string of the molecule is CC(C)(C)c1cc2ccc3cc(-c4ccc5c(c4)C4(c6ccccc6-c6ccccc64)c4ccc6c(-c7ccc8ccc9c(-c%10ccccc%10)ccc%10ccc7c8c%109)cccc6c4-5)cc4ccc(c1)c2c34. The Morgan fingerprint density at radius 1 is 0.268 bits per heavy atom. The van der Waals surface area contributed by atoms with Gasteiger partial charge in [0.15, 0.2) is 0 Å². The minimum absolute atomic E-state index is 0.0797. The van der Waals surface area contributed by atoms with Gasteiger partial charge in [-0.15, -0.1) is 0 Å². The van der Waals surface area contributed by atoms with Crippen molar-refractivity contribution in [2.24, 2.45) is 0 Å². The molecule has 0 N–H and O–H groups in total. The lowest BCUT2D eigenvalue weighted by Gasteiger charge is -2.31. The van der Waals surface area contributed by atoms with Gasteiger partial charge in [-0.2, -0.15) is 0 Å². The lowest BCUT2D eigenvalue weighted by atomic mass is 9.70. The number of hydrogen-bond acceptors (Lipinski definition) is 0. The Balaban J connectivity index is 0.930. The Morgan fingerprint density at radius 3 is 1.42 bits per heavy atom. The van der Waals surface area contributed by atoms with Gasteiger partial charge in [-0.1, -0.05) is 227 Å². The van der Waals surface area contributed by atoms with E-state index in [-0.39, 0.29) is 5.41 Å². The Morgan fingerprint density at radius 2 is 0.775 bits per heavy atom. The van der Waals surface area contributed by atoms with Crippen molar-refractivity contribution in [3.63, 3.8) is 0 Å². The molecular weight excluding hydrogens is 853 g/mol. The maximum Gasteiger partial charge on any atom is 0.0725 e. The predicted octanol–water partition coefficient (Wildman–Crippen LogP) is 19.3. The smallest absolute Gasteiger partial charge is 0.0622 e. The minimum atomic E-state index is -0.484. The summed E-state index contributed by atoms with van der Waals surface area (Å²) in [6.45, 7) is 6.93. The Kier molecular flexibility index (Phi) is 7.64. The van der Waals surface area contributed by atoms with Gasteiger partial charge in [0.05, 0.1) is 5.41 Å². The minimum Gasteiger partial charge on any atom is -0.0622 e. The van der Waals surface area contributed by atoms with Crippen LogP contribution in [0.3, 0.4) is 0 Å². The van der Waals surface area contributed by atoms with Crippen LogP contribution in [0, 0.1) is 0 Å². The zero-order valence-corrected chi connectivity index (χ0v) is 39.9. The van der Waals surface area contributed by atoms with E-state index in [9.17, 15) is 0 Å². The molecule has 0 heteroatoms. The van der Waals surface area contributed by atoms with Gasteiger partial charge in [-0.3, -0.25) is 0 Å². The zero-order valence-electron chi connectivity index (χ0n) is 39.9. The number of hydrogen-bond donors (Lipinski definition) is 0. The Hall–Kier alpha value is -8.58. The van der Waals surface area contributed by atoms with E-state index in [2.05, 4.69) is 245 Å². The van der Waals surface area contributed by atoms with E-state index in [1.165, 1.54) is 159 Å². The molecule has 16 rings (SSSR count). The Labute approximate surface area is 412 Å². The molecule has 1 spiro atoms. The summed E-state index contributed by atoms with van der Waals surface area (Å²) in [4.78, 5) is 0. The second kappa shape index (κ2) is 13.8. The van der Waals surface area contributed by atoms with Crippen LogP contribution in [-0.4, -0.2) is 0 Å². The largest absolute Gasteiger partial charge is 0.0725 e. The maximum atomic E-state index is 2.55. The average molecular weight is 899 g/mol. The third-order valence-electron chi connectivity index (χ3n) is 16.9. The van der Waals surface area contributed by atoms with Crippen molar-refractivity contribution in [1.82, 2.24) is 0 Å². The molecule has 0 bridgehead atoms. The summed E-state index contributed by atoms with van der Waals surface area (Å²) in [5, 5.41) is 18.3. The second-order valence-electron chi connectivity index (χ2n) is 21.5. The summed E-state index contributed by atoms with van der Waals surface area (Å²) in [5.41, 5.74) is 19.3. The summed E-state index contributed by atoms with van der Waals surface area (Å²) in [6.07, 6.45) is 0. The molecule has 14 aromatic carbocycles. The summed E-state index contributed by atoms with van der Waals surface area (Å²) in [7, 11) is 0. The quantitative estimate of drug-likeness (QED) is 0.155. The zero-order chi connectivity index (χ0) is 46.9. The van der Waals surface area contributed by atoms with Crippen molar-refractivity contribution in [1.29, 1.82) is 0 Å². The fourth-order valence-corrected chi connectivity index (χ4v) is 13.8. The third kappa shape index (κ3) is 5.14. The van der Waals surface area contributed by atoms with Crippen LogP contribution in [0.5, 0.6) is 0 Å². The lowest BCUT2D eigenvalue weighted by Crippen LogP contribution is -2.25. The highest BCUT2D eigenvalue weighted by atomic mass is 14.5. The maximum absolute atomic E-state index is 2.55. The van der Waals surface area contributed by atoms with Crippen LogP contribution in [0.1, 0.15) is 48.6 Å². The van der Waals surface area contributed by atoms with Gasteiger partial charge < -0.3 is 0 Å². The van der Waals surface area contributed by atoms with Gasteiger partial charge in [0.1, 0.15) is 0 Å². The molecule has 0 atom stereocenters. The third-order valence-corrected chi connectivity index (χ3v) is 16.9. The van der Waals surface area contributed by atoms with Gasteiger partial charge in [-0.25, -0.2) is 0 Å². The molecule has 0 fully saturated rings. The van der Waals surface area contributed by atoms with Gasteiger partial charge in [-0.05, 0) is 182 Å². The second-order valence-corrected chi connectivity index (χ2v) is 21.5. The van der Waals surface area contributed by atoms with Crippen molar-refractivity contribution in [3.8, 4) is 55.6 Å². The van der Waals surface area contributed by atoms with E-state index >= 15 is 0 Å². The molecule has 330 valence electrons. The summed E-state index contributed by atoms with van der Waals surface area (Å²) >= 11 is 0. The van der Waals surface area contributed by atoms with Crippen molar-refractivity contribution < 1.29 is 0 Å². The normalized spacial score (nSPS) is 13.7. The number of benzene rings is 14. The molecule has 0 unspecified atom stereocenters. The topological polar surface area (TPSA) is 0 Å². The van der Waals surface area contributed by atoms with Crippen LogP contribution in [-0.2, 0) is 10.8 Å². The first-order valence-corrected chi connectivity index (χ1v) is 25.2. The molecule has 0 heterocycles. The predicted molar refractivity (Wildman–Crippen MR) is 303 cm³/mol. The van der Waals surface area contributed by atoms with Gasteiger partial charge in [0.2, 0.25) is 0 Å². The molecule has 0 aliphatic heterocycles. The molecule has 0 saturated carbocycles. The van der Waals surface area contributed by atoms with E-state index < -0.39 is 5.41 Å². The lowest BCUT2D eigenvalue weighted by molar-refractivity contribution is 0.591. The monoisotopic (exact) mass is 898 g/mol. The fourth-order valence-electron chi connectivity index (χ4n) is 13.8. The molecule has 0 aromatic heterocycles. The summed E-state index contributed by atoms with van der Waals surface area (Å²) in [6, 6.07) is 86.3. The van der Waals surface area contributed by atoms with Crippen LogP contribution in [0.15, 0.2) is 224 Å². The highest BCUT2D eigenvalue weighted by molar-refractivity contribution is 6.29. The molecule has 0 nitrogen and oxygen atoms in total. The van der Waals surface area contributed by atoms with Crippen molar-refractivity contribution in [3.05, 3.63) is 252 Å². The van der Waals surface area contributed by atoms with E-state index in [0.717, 1.165) is 0 Å². The summed E-state index contributed by atoms with van der Waals surface area (Å²) < 4.78 is 0. The van der Waals surface area contributed by atoms with Crippen LogP contribution in [0.25, 0.3) is 131 Å². The van der Waals surface area contributed by atoms with E-state index in [0.29, 0.717) is 0 Å². The van der Waals surface area contributed by atoms with E-state index in [1.54, 1.807) is 0 Å². The molecule has 71 heavy (non-hydrogen) atoms. The van der Waals surface area contributed by atoms with Gasteiger partial charge >= 0.3 is 0 Å². The molecule has 0 amide bonds. The average Bonchev–Trinajstić information content (AvgIpc) is 3.90. The number of rotatable bonds is 3. The van der Waals surface area contributed by atoms with E-state index in [1.807, 2.05) is 0 Å². The first kappa shape index (κ1) is 39.3. The molecule has 2 aliphatic carbocycles. The first-order chi connectivity index (χ1) is 34.8.